The van der Waals surface area contributed by atoms with Crippen LogP contribution in [0.1, 0.15) is 23.4 Å². The maximum atomic E-state index is 13.2. The number of halogens is 4. The average molecular weight is 265 g/mol. The number of alkyl halides is 3. The van der Waals surface area contributed by atoms with Crippen molar-refractivity contribution >= 4 is 15.9 Å². The zero-order chi connectivity index (χ0) is 10.7. The standard InChI is InChI=1S/C8H4BrF3N2/c9-2-6-7(10)4(3-13)1-5(14-6)8(11)12/h1,8H,2H2. The summed E-state index contributed by atoms with van der Waals surface area (Å²) in [5.41, 5.74) is -1.18. The normalized spacial score (nSPS) is 10.3. The van der Waals surface area contributed by atoms with E-state index in [4.69, 9.17) is 5.26 Å². The number of nitriles is 1. The van der Waals surface area contributed by atoms with Crippen LogP contribution in [0.25, 0.3) is 0 Å². The fourth-order valence-corrected chi connectivity index (χ4v) is 1.26. The highest BCUT2D eigenvalue weighted by Gasteiger charge is 2.16. The second kappa shape index (κ2) is 4.42. The molecule has 0 unspecified atom stereocenters. The lowest BCUT2D eigenvalue weighted by Crippen LogP contribution is -2.01. The molecule has 1 rings (SSSR count). The molecule has 6 heteroatoms. The van der Waals surface area contributed by atoms with Crippen molar-refractivity contribution < 1.29 is 13.2 Å². The van der Waals surface area contributed by atoms with E-state index >= 15 is 0 Å². The minimum Gasteiger partial charge on any atom is -0.248 e. The molecule has 0 aliphatic heterocycles. The Hall–Kier alpha value is -1.09. The van der Waals surface area contributed by atoms with Gasteiger partial charge in [0.25, 0.3) is 6.43 Å². The van der Waals surface area contributed by atoms with Gasteiger partial charge in [0.1, 0.15) is 11.8 Å². The van der Waals surface area contributed by atoms with Crippen LogP contribution >= 0.6 is 15.9 Å². The van der Waals surface area contributed by atoms with Gasteiger partial charge in [0.05, 0.1) is 11.3 Å². The van der Waals surface area contributed by atoms with E-state index in [1.807, 2.05) is 0 Å². The minimum atomic E-state index is -2.81. The molecule has 0 atom stereocenters. The number of rotatable bonds is 2. The van der Waals surface area contributed by atoms with Crippen LogP contribution in [0.3, 0.4) is 0 Å². The van der Waals surface area contributed by atoms with E-state index < -0.39 is 23.5 Å². The molecule has 0 spiro atoms. The van der Waals surface area contributed by atoms with Crippen molar-refractivity contribution in [3.05, 3.63) is 28.8 Å². The number of aromatic nitrogens is 1. The predicted molar refractivity (Wildman–Crippen MR) is 46.5 cm³/mol. The Labute approximate surface area is 86.5 Å². The van der Waals surface area contributed by atoms with Crippen molar-refractivity contribution in [2.45, 2.75) is 11.8 Å². The summed E-state index contributed by atoms with van der Waals surface area (Å²) >= 11 is 2.90. The molecular weight excluding hydrogens is 261 g/mol. The quantitative estimate of drug-likeness (QED) is 0.771. The monoisotopic (exact) mass is 264 g/mol. The highest BCUT2D eigenvalue weighted by molar-refractivity contribution is 9.08. The fourth-order valence-electron chi connectivity index (χ4n) is 0.886. The summed E-state index contributed by atoms with van der Waals surface area (Å²) in [6, 6.07) is 2.25. The van der Waals surface area contributed by atoms with Crippen molar-refractivity contribution in [1.82, 2.24) is 4.98 Å². The maximum Gasteiger partial charge on any atom is 0.280 e. The average Bonchev–Trinajstić information content (AvgIpc) is 2.17. The molecule has 0 bridgehead atoms. The summed E-state index contributed by atoms with van der Waals surface area (Å²) in [4.78, 5) is 3.38. The number of pyridine rings is 1. The molecular formula is C8H4BrF3N2. The lowest BCUT2D eigenvalue weighted by Gasteiger charge is -2.04. The first-order chi connectivity index (χ1) is 6.60. The van der Waals surface area contributed by atoms with Crippen LogP contribution in [0.5, 0.6) is 0 Å². The summed E-state index contributed by atoms with van der Waals surface area (Å²) in [5.74, 6) is -0.853. The molecule has 0 aliphatic carbocycles. The molecule has 0 radical (unpaired) electrons. The summed E-state index contributed by atoms with van der Waals surface area (Å²) in [5, 5.41) is 8.46. The van der Waals surface area contributed by atoms with E-state index in [-0.39, 0.29) is 11.0 Å². The van der Waals surface area contributed by atoms with Crippen LogP contribution in [0, 0.1) is 17.1 Å². The van der Waals surface area contributed by atoms with E-state index in [1.165, 1.54) is 6.07 Å². The van der Waals surface area contributed by atoms with Crippen molar-refractivity contribution in [2.24, 2.45) is 0 Å². The number of hydrogen-bond donors (Lipinski definition) is 0. The van der Waals surface area contributed by atoms with Gasteiger partial charge in [0.2, 0.25) is 0 Å². The third-order valence-electron chi connectivity index (χ3n) is 1.52. The largest absolute Gasteiger partial charge is 0.280 e. The van der Waals surface area contributed by atoms with E-state index in [9.17, 15) is 13.2 Å². The van der Waals surface area contributed by atoms with E-state index in [0.717, 1.165) is 6.07 Å². The summed E-state index contributed by atoms with van der Waals surface area (Å²) in [6.45, 7) is 0. The Kier molecular flexibility index (Phi) is 3.47. The maximum absolute atomic E-state index is 13.2. The summed E-state index contributed by atoms with van der Waals surface area (Å²) in [7, 11) is 0. The highest BCUT2D eigenvalue weighted by atomic mass is 79.9. The second-order valence-electron chi connectivity index (χ2n) is 2.40. The van der Waals surface area contributed by atoms with Crippen molar-refractivity contribution in [1.29, 1.82) is 5.26 Å². The molecule has 0 saturated heterocycles. The van der Waals surface area contributed by atoms with Gasteiger partial charge in [-0.15, -0.1) is 0 Å². The van der Waals surface area contributed by atoms with Crippen LogP contribution in [-0.4, -0.2) is 4.98 Å². The summed E-state index contributed by atoms with van der Waals surface area (Å²) in [6.07, 6.45) is -2.81. The molecule has 0 aliphatic rings. The molecule has 0 fully saturated rings. The topological polar surface area (TPSA) is 36.7 Å². The van der Waals surface area contributed by atoms with Gasteiger partial charge < -0.3 is 0 Å². The lowest BCUT2D eigenvalue weighted by atomic mass is 10.2. The van der Waals surface area contributed by atoms with Gasteiger partial charge in [-0.05, 0) is 6.07 Å². The third-order valence-corrected chi connectivity index (χ3v) is 2.05. The Morgan fingerprint density at radius 1 is 1.57 bits per heavy atom. The molecule has 0 saturated carbocycles. The smallest absolute Gasteiger partial charge is 0.248 e. The zero-order valence-electron chi connectivity index (χ0n) is 6.77. The molecule has 1 aromatic rings. The number of nitrogens with zero attached hydrogens (tertiary/aromatic N) is 2. The Morgan fingerprint density at radius 2 is 2.21 bits per heavy atom. The number of hydrogen-bond acceptors (Lipinski definition) is 2. The first-order valence-electron chi connectivity index (χ1n) is 3.53. The van der Waals surface area contributed by atoms with E-state index in [2.05, 4.69) is 20.9 Å². The molecule has 0 aromatic carbocycles. The molecule has 0 amide bonds. The molecule has 14 heavy (non-hydrogen) atoms. The van der Waals surface area contributed by atoms with Gasteiger partial charge in [-0.3, -0.25) is 0 Å². The zero-order valence-corrected chi connectivity index (χ0v) is 8.35. The molecule has 74 valence electrons. The summed E-state index contributed by atoms with van der Waals surface area (Å²) < 4.78 is 37.6. The van der Waals surface area contributed by atoms with E-state index in [0.29, 0.717) is 0 Å². The lowest BCUT2D eigenvalue weighted by molar-refractivity contribution is 0.145. The second-order valence-corrected chi connectivity index (χ2v) is 2.96. The minimum absolute atomic E-state index is 0.00588. The van der Waals surface area contributed by atoms with Crippen LogP contribution in [-0.2, 0) is 5.33 Å². The van der Waals surface area contributed by atoms with Gasteiger partial charge in [0.15, 0.2) is 5.82 Å². The van der Waals surface area contributed by atoms with Crippen molar-refractivity contribution in [3.63, 3.8) is 0 Å². The highest BCUT2D eigenvalue weighted by Crippen LogP contribution is 2.21. The first-order valence-corrected chi connectivity index (χ1v) is 4.65. The van der Waals surface area contributed by atoms with Crippen LogP contribution < -0.4 is 0 Å². The SMILES string of the molecule is N#Cc1cc(C(F)F)nc(CBr)c1F. The van der Waals surface area contributed by atoms with Gasteiger partial charge in [0, 0.05) is 5.33 Å². The molecule has 0 N–H and O–H groups in total. The Bertz CT molecular complexity index is 387. The van der Waals surface area contributed by atoms with E-state index in [1.54, 1.807) is 0 Å². The Morgan fingerprint density at radius 3 is 2.64 bits per heavy atom. The van der Waals surface area contributed by atoms with Crippen molar-refractivity contribution in [2.75, 3.05) is 0 Å². The first kappa shape index (κ1) is 11.0. The third kappa shape index (κ3) is 2.04. The molecule has 1 heterocycles. The van der Waals surface area contributed by atoms with Gasteiger partial charge >= 0.3 is 0 Å². The van der Waals surface area contributed by atoms with Gasteiger partial charge in [-0.25, -0.2) is 18.2 Å². The van der Waals surface area contributed by atoms with Crippen molar-refractivity contribution in [3.8, 4) is 6.07 Å². The Balaban J connectivity index is 3.34. The molecule has 2 nitrogen and oxygen atoms in total. The van der Waals surface area contributed by atoms with Gasteiger partial charge in [-0.1, -0.05) is 15.9 Å². The molecule has 1 aromatic heterocycles. The van der Waals surface area contributed by atoms with Gasteiger partial charge in [-0.2, -0.15) is 5.26 Å². The fraction of sp³-hybridized carbons (Fsp3) is 0.250. The van der Waals surface area contributed by atoms with Crippen LogP contribution in [0.15, 0.2) is 6.07 Å². The predicted octanol–water partition coefficient (Wildman–Crippen LogP) is 2.92. The van der Waals surface area contributed by atoms with Crippen LogP contribution in [0.2, 0.25) is 0 Å². The van der Waals surface area contributed by atoms with Crippen LogP contribution in [0.4, 0.5) is 13.2 Å².